The molecule has 2 aromatic heterocycles. The maximum Gasteiger partial charge on any atom is 0.267 e. The molecule has 0 saturated carbocycles. The number of carbonyl (C=O) groups is 1. The van der Waals surface area contributed by atoms with E-state index < -0.39 is 17.8 Å². The van der Waals surface area contributed by atoms with Crippen LogP contribution in [-0.4, -0.2) is 15.9 Å². The Hall–Kier alpha value is -2.54. The third kappa shape index (κ3) is 3.61. The minimum Gasteiger partial charge on any atom is -0.376 e. The second kappa shape index (κ2) is 7.14. The fraction of sp³-hybridized carbons (Fsp3) is 0.167. The number of amides is 1. The second-order valence-corrected chi connectivity index (χ2v) is 6.47. The van der Waals surface area contributed by atoms with Crippen LogP contribution in [0.1, 0.15) is 35.6 Å². The lowest BCUT2D eigenvalue weighted by atomic mass is 10.1. The zero-order valence-corrected chi connectivity index (χ0v) is 15.0. The van der Waals surface area contributed by atoms with Gasteiger partial charge in [0, 0.05) is 21.7 Å². The van der Waals surface area contributed by atoms with Gasteiger partial charge in [0.25, 0.3) is 5.91 Å². The molecule has 3 N–H and O–H groups in total. The number of aromatic nitrogens is 2. The number of nitrogens with one attached hydrogen (secondary N) is 1. The summed E-state index contributed by atoms with van der Waals surface area (Å²) in [6.45, 7) is 1.91. The lowest BCUT2D eigenvalue weighted by Gasteiger charge is -2.20. The Labute approximate surface area is 152 Å². The number of rotatable bonds is 5. The van der Waals surface area contributed by atoms with Crippen LogP contribution in [0.25, 0.3) is 10.9 Å². The number of fused-ring (bicyclic) bond motifs is 1. The van der Waals surface area contributed by atoms with Crippen molar-refractivity contribution in [2.75, 3.05) is 5.32 Å². The van der Waals surface area contributed by atoms with Crippen LogP contribution in [0.5, 0.6) is 0 Å². The third-order valence-electron chi connectivity index (χ3n) is 3.90. The first-order chi connectivity index (χ1) is 12.0. The van der Waals surface area contributed by atoms with Gasteiger partial charge in [0.05, 0.1) is 17.3 Å². The van der Waals surface area contributed by atoms with E-state index in [1.165, 1.54) is 12.1 Å². The standard InChI is InChI=1S/C18H16BrFN4O/c1-2-13(17-12(20)4-6-16(24-17)18(21)25)23-15-7-8-22-14-5-3-10(19)9-11(14)15/h3-9,13H,2H2,1H3,(H2,21,25)(H,22,23). The number of halogens is 2. The average Bonchev–Trinajstić information content (AvgIpc) is 2.60. The summed E-state index contributed by atoms with van der Waals surface area (Å²) in [5.41, 5.74) is 7.10. The van der Waals surface area contributed by atoms with Gasteiger partial charge in [-0.1, -0.05) is 22.9 Å². The molecule has 1 amide bonds. The largest absolute Gasteiger partial charge is 0.376 e. The SMILES string of the molecule is CCC(Nc1ccnc2ccc(Br)cc12)c1nc(C(N)=O)ccc1F. The van der Waals surface area contributed by atoms with Gasteiger partial charge in [0.15, 0.2) is 0 Å². The van der Waals surface area contributed by atoms with Gasteiger partial charge in [-0.25, -0.2) is 9.37 Å². The highest BCUT2D eigenvalue weighted by Gasteiger charge is 2.19. The summed E-state index contributed by atoms with van der Waals surface area (Å²) >= 11 is 3.45. The number of primary amides is 1. The lowest BCUT2D eigenvalue weighted by Crippen LogP contribution is -2.19. The number of anilines is 1. The van der Waals surface area contributed by atoms with Crippen LogP contribution >= 0.6 is 15.9 Å². The van der Waals surface area contributed by atoms with E-state index >= 15 is 0 Å². The van der Waals surface area contributed by atoms with Crippen molar-refractivity contribution < 1.29 is 9.18 Å². The smallest absolute Gasteiger partial charge is 0.267 e. The molecule has 0 saturated heterocycles. The predicted octanol–water partition coefficient (Wildman–Crippen LogP) is 4.19. The number of nitrogens with zero attached hydrogens (tertiary/aromatic N) is 2. The molecule has 0 bridgehead atoms. The van der Waals surface area contributed by atoms with Crippen molar-refractivity contribution in [3.63, 3.8) is 0 Å². The molecule has 7 heteroatoms. The minimum atomic E-state index is -0.686. The van der Waals surface area contributed by atoms with Gasteiger partial charge in [-0.05, 0) is 42.8 Å². The van der Waals surface area contributed by atoms with Crippen molar-refractivity contribution in [3.05, 3.63) is 64.3 Å². The van der Waals surface area contributed by atoms with Gasteiger partial charge >= 0.3 is 0 Å². The molecule has 3 aromatic rings. The monoisotopic (exact) mass is 402 g/mol. The molecular weight excluding hydrogens is 387 g/mol. The molecule has 3 rings (SSSR count). The predicted molar refractivity (Wildman–Crippen MR) is 98.8 cm³/mol. The highest BCUT2D eigenvalue weighted by Crippen LogP contribution is 2.29. The van der Waals surface area contributed by atoms with E-state index in [4.69, 9.17) is 5.73 Å². The van der Waals surface area contributed by atoms with Crippen LogP contribution in [0.2, 0.25) is 0 Å². The van der Waals surface area contributed by atoms with Gasteiger partial charge in [0.2, 0.25) is 0 Å². The Kier molecular flexibility index (Phi) is 4.94. The Morgan fingerprint density at radius 2 is 2.12 bits per heavy atom. The summed E-state index contributed by atoms with van der Waals surface area (Å²) in [4.78, 5) is 19.8. The summed E-state index contributed by atoms with van der Waals surface area (Å²) < 4.78 is 15.2. The number of hydrogen-bond donors (Lipinski definition) is 2. The molecule has 0 radical (unpaired) electrons. The summed E-state index contributed by atoms with van der Waals surface area (Å²) in [6.07, 6.45) is 2.26. The summed E-state index contributed by atoms with van der Waals surface area (Å²) in [6, 6.07) is 9.67. The topological polar surface area (TPSA) is 80.9 Å². The fourth-order valence-electron chi connectivity index (χ4n) is 2.64. The van der Waals surface area contributed by atoms with Gasteiger partial charge in [-0.3, -0.25) is 9.78 Å². The molecule has 128 valence electrons. The number of benzene rings is 1. The molecule has 0 aliphatic heterocycles. The van der Waals surface area contributed by atoms with E-state index in [9.17, 15) is 9.18 Å². The van der Waals surface area contributed by atoms with E-state index in [1.54, 1.807) is 6.20 Å². The Morgan fingerprint density at radius 3 is 2.84 bits per heavy atom. The van der Waals surface area contributed by atoms with Crippen molar-refractivity contribution >= 4 is 38.4 Å². The van der Waals surface area contributed by atoms with Crippen molar-refractivity contribution in [2.24, 2.45) is 5.73 Å². The van der Waals surface area contributed by atoms with Crippen LogP contribution in [-0.2, 0) is 0 Å². The molecule has 5 nitrogen and oxygen atoms in total. The second-order valence-electron chi connectivity index (χ2n) is 5.55. The zero-order chi connectivity index (χ0) is 18.0. The van der Waals surface area contributed by atoms with Crippen LogP contribution in [0.4, 0.5) is 10.1 Å². The molecule has 0 fully saturated rings. The maximum atomic E-state index is 14.3. The van der Waals surface area contributed by atoms with Crippen molar-refractivity contribution in [1.29, 1.82) is 0 Å². The first kappa shape index (κ1) is 17.3. The number of hydrogen-bond acceptors (Lipinski definition) is 4. The van der Waals surface area contributed by atoms with Crippen LogP contribution in [0.15, 0.2) is 47.1 Å². The average molecular weight is 403 g/mol. The van der Waals surface area contributed by atoms with Crippen LogP contribution < -0.4 is 11.1 Å². The summed E-state index contributed by atoms with van der Waals surface area (Å²) in [5, 5.41) is 4.21. The third-order valence-corrected chi connectivity index (χ3v) is 4.39. The van der Waals surface area contributed by atoms with Crippen LogP contribution in [0, 0.1) is 5.82 Å². The number of nitrogens with two attached hydrogens (primary N) is 1. The first-order valence-corrected chi connectivity index (χ1v) is 8.56. The molecule has 1 atom stereocenters. The highest BCUT2D eigenvalue weighted by molar-refractivity contribution is 9.10. The zero-order valence-electron chi connectivity index (χ0n) is 13.5. The molecule has 1 aromatic carbocycles. The van der Waals surface area contributed by atoms with Crippen molar-refractivity contribution in [1.82, 2.24) is 9.97 Å². The van der Waals surface area contributed by atoms with Crippen molar-refractivity contribution in [2.45, 2.75) is 19.4 Å². The molecule has 1 unspecified atom stereocenters. The van der Waals surface area contributed by atoms with Gasteiger partial charge < -0.3 is 11.1 Å². The van der Waals surface area contributed by atoms with E-state index in [0.29, 0.717) is 6.42 Å². The van der Waals surface area contributed by atoms with Gasteiger partial charge in [0.1, 0.15) is 11.5 Å². The normalized spacial score (nSPS) is 12.1. The molecule has 2 heterocycles. The Balaban J connectivity index is 2.03. The molecule has 0 spiro atoms. The van der Waals surface area contributed by atoms with Gasteiger partial charge in [-0.2, -0.15) is 0 Å². The van der Waals surface area contributed by atoms with Crippen LogP contribution in [0.3, 0.4) is 0 Å². The number of pyridine rings is 2. The number of carbonyl (C=O) groups excluding carboxylic acids is 1. The molecule has 0 aliphatic carbocycles. The molecule has 0 aliphatic rings. The van der Waals surface area contributed by atoms with Gasteiger partial charge in [-0.15, -0.1) is 0 Å². The lowest BCUT2D eigenvalue weighted by molar-refractivity contribution is 0.0995. The van der Waals surface area contributed by atoms with E-state index in [1.807, 2.05) is 31.2 Å². The first-order valence-electron chi connectivity index (χ1n) is 7.76. The summed E-state index contributed by atoms with van der Waals surface area (Å²) in [7, 11) is 0. The molecular formula is C18H16BrFN4O. The highest BCUT2D eigenvalue weighted by atomic mass is 79.9. The minimum absolute atomic E-state index is 0.0407. The Morgan fingerprint density at radius 1 is 1.32 bits per heavy atom. The van der Waals surface area contributed by atoms with E-state index in [-0.39, 0.29) is 11.4 Å². The molecule has 25 heavy (non-hydrogen) atoms. The summed E-state index contributed by atoms with van der Waals surface area (Å²) in [5.74, 6) is -1.17. The fourth-order valence-corrected chi connectivity index (χ4v) is 3.00. The quantitative estimate of drug-likeness (QED) is 0.670. The Bertz CT molecular complexity index is 948. The van der Waals surface area contributed by atoms with E-state index in [2.05, 4.69) is 31.2 Å². The maximum absolute atomic E-state index is 14.3. The van der Waals surface area contributed by atoms with Crippen molar-refractivity contribution in [3.8, 4) is 0 Å². The van der Waals surface area contributed by atoms with E-state index in [0.717, 1.165) is 21.1 Å².